The van der Waals surface area contributed by atoms with Gasteiger partial charge in [-0.25, -0.2) is 0 Å². The van der Waals surface area contributed by atoms with Gasteiger partial charge in [0.1, 0.15) is 17.5 Å². The van der Waals surface area contributed by atoms with Crippen LogP contribution in [0.25, 0.3) is 0 Å². The smallest absolute Gasteiger partial charge is 0.313 e. The van der Waals surface area contributed by atoms with Crippen molar-refractivity contribution in [1.82, 2.24) is 10.9 Å². The van der Waals surface area contributed by atoms with E-state index in [1.165, 1.54) is 6.07 Å². The van der Waals surface area contributed by atoms with Crippen LogP contribution < -0.4 is 27.2 Å². The van der Waals surface area contributed by atoms with E-state index in [0.29, 0.717) is 5.69 Å². The van der Waals surface area contributed by atoms with E-state index in [1.54, 1.807) is 30.3 Å². The molecule has 1 unspecified atom stereocenters. The van der Waals surface area contributed by atoms with Crippen molar-refractivity contribution < 1.29 is 14.6 Å². The van der Waals surface area contributed by atoms with Crippen LogP contribution in [0.3, 0.4) is 0 Å². The van der Waals surface area contributed by atoms with Gasteiger partial charge in [-0.2, -0.15) is 5.26 Å². The molecule has 0 fully saturated rings. The molecule has 13 heteroatoms. The number of rotatable bonds is 4. The molecule has 33 heavy (non-hydrogen) atoms. The monoisotopic (exact) mass is 448 g/mol. The number of hydrogen-bond donors (Lipinski definition) is 5. The lowest BCUT2D eigenvalue weighted by Crippen LogP contribution is -2.43. The normalized spacial score (nSPS) is 19.1. The maximum absolute atomic E-state index is 13.4. The van der Waals surface area contributed by atoms with Crippen LogP contribution in [0.5, 0.6) is 0 Å². The topological polar surface area (TPSA) is 201 Å². The van der Waals surface area contributed by atoms with Crippen molar-refractivity contribution >= 4 is 23.0 Å². The molecule has 2 aliphatic heterocycles. The fourth-order valence-electron chi connectivity index (χ4n) is 3.89. The maximum Gasteiger partial charge on any atom is 0.313 e. The molecule has 13 nitrogen and oxygen atoms in total. The van der Waals surface area contributed by atoms with Crippen LogP contribution in [0.2, 0.25) is 0 Å². The molecule has 2 aromatic rings. The quantitative estimate of drug-likeness (QED) is 0.336. The average Bonchev–Trinajstić information content (AvgIpc) is 2.97. The molecule has 2 heterocycles. The standard InChI is InChI=1S/C20H16N8O5/c1-10-2-4-11(5-3-10)23-18-16(28(32)33)20(14(9-21)17(22)25-26-18)13-8-12(27(30)31)6-7-15(13)24-19(20)29/h2-8,23,25-26H,22H2,1H3,(H,24,29). The number of nitrogens with two attached hydrogens (primary N) is 1. The van der Waals surface area contributed by atoms with E-state index < -0.39 is 38.1 Å². The van der Waals surface area contributed by atoms with Crippen LogP contribution in [0, 0.1) is 38.5 Å². The number of fused-ring (bicyclic) bond motifs is 2. The number of carbonyl (C=O) groups is 1. The summed E-state index contributed by atoms with van der Waals surface area (Å²) in [5.41, 5.74) is 8.35. The summed E-state index contributed by atoms with van der Waals surface area (Å²) in [7, 11) is 0. The number of amides is 1. The zero-order valence-electron chi connectivity index (χ0n) is 17.0. The molecule has 2 aliphatic rings. The van der Waals surface area contributed by atoms with Gasteiger partial charge >= 0.3 is 5.70 Å². The van der Waals surface area contributed by atoms with Gasteiger partial charge in [0.25, 0.3) is 11.6 Å². The summed E-state index contributed by atoms with van der Waals surface area (Å²) in [6.45, 7) is 1.86. The number of nitro benzene ring substituents is 1. The Morgan fingerprint density at radius 1 is 1.09 bits per heavy atom. The van der Waals surface area contributed by atoms with Crippen LogP contribution in [0.15, 0.2) is 65.4 Å². The van der Waals surface area contributed by atoms with Crippen LogP contribution in [-0.2, 0) is 10.2 Å². The number of anilines is 2. The molecular formula is C20H16N8O5. The summed E-state index contributed by atoms with van der Waals surface area (Å²) in [5, 5.41) is 39.1. The summed E-state index contributed by atoms with van der Waals surface area (Å²) in [5.74, 6) is -1.57. The second-order valence-electron chi connectivity index (χ2n) is 7.31. The highest BCUT2D eigenvalue weighted by atomic mass is 16.6. The minimum atomic E-state index is -2.37. The second kappa shape index (κ2) is 7.54. The van der Waals surface area contributed by atoms with E-state index >= 15 is 0 Å². The van der Waals surface area contributed by atoms with E-state index in [2.05, 4.69) is 21.5 Å². The van der Waals surface area contributed by atoms with Crippen molar-refractivity contribution in [2.75, 3.05) is 10.6 Å². The second-order valence-corrected chi connectivity index (χ2v) is 7.31. The average molecular weight is 448 g/mol. The Bertz CT molecular complexity index is 1320. The van der Waals surface area contributed by atoms with E-state index in [-0.39, 0.29) is 22.9 Å². The Labute approximate surface area is 185 Å². The van der Waals surface area contributed by atoms with Gasteiger partial charge in [-0.15, -0.1) is 0 Å². The highest BCUT2D eigenvalue weighted by Gasteiger charge is 2.63. The van der Waals surface area contributed by atoms with E-state index in [0.717, 1.165) is 17.7 Å². The zero-order valence-corrected chi connectivity index (χ0v) is 17.0. The highest BCUT2D eigenvalue weighted by Crippen LogP contribution is 2.50. The number of nitrogens with zero attached hydrogens (tertiary/aromatic N) is 3. The predicted octanol–water partition coefficient (Wildman–Crippen LogP) is 1.45. The molecular weight excluding hydrogens is 432 g/mol. The number of aryl methyl sites for hydroxylation is 1. The number of nitrogens with one attached hydrogen (secondary N) is 4. The Kier molecular flexibility index (Phi) is 4.82. The van der Waals surface area contributed by atoms with Gasteiger partial charge in [0.05, 0.1) is 9.85 Å². The lowest BCUT2D eigenvalue weighted by Gasteiger charge is -2.24. The predicted molar refractivity (Wildman–Crippen MR) is 115 cm³/mol. The lowest BCUT2D eigenvalue weighted by atomic mass is 9.72. The first-order chi connectivity index (χ1) is 15.7. The SMILES string of the molecule is Cc1ccc(NC2=C([N+](=O)[O-])C3(C(=O)Nc4ccc([N+](=O)[O-])cc43)C(C#N)=C(N)NN2)cc1. The Balaban J connectivity index is 2.07. The molecule has 166 valence electrons. The molecule has 0 saturated carbocycles. The van der Waals surface area contributed by atoms with Gasteiger partial charge < -0.3 is 16.4 Å². The number of carbonyl (C=O) groups excluding carboxylic acids is 1. The van der Waals surface area contributed by atoms with E-state index in [1.807, 2.05) is 6.92 Å². The van der Waals surface area contributed by atoms with Gasteiger partial charge in [-0.05, 0) is 25.1 Å². The number of benzene rings is 2. The summed E-state index contributed by atoms with van der Waals surface area (Å²) >= 11 is 0. The van der Waals surface area contributed by atoms with E-state index in [9.17, 15) is 30.3 Å². The largest absolute Gasteiger partial charge is 0.383 e. The molecule has 0 aromatic heterocycles. The Hall–Kier alpha value is -5.12. The van der Waals surface area contributed by atoms with Crippen molar-refractivity contribution in [1.29, 1.82) is 5.26 Å². The third-order valence-corrected chi connectivity index (χ3v) is 5.38. The first kappa shape index (κ1) is 21.1. The molecule has 0 aliphatic carbocycles. The van der Waals surface area contributed by atoms with Crippen LogP contribution >= 0.6 is 0 Å². The summed E-state index contributed by atoms with van der Waals surface area (Å²) in [6.07, 6.45) is 0. The van der Waals surface area contributed by atoms with E-state index in [4.69, 9.17) is 5.73 Å². The summed E-state index contributed by atoms with van der Waals surface area (Å²) in [6, 6.07) is 12.1. The summed E-state index contributed by atoms with van der Waals surface area (Å²) < 4.78 is 0. The first-order valence-electron chi connectivity index (χ1n) is 9.45. The Morgan fingerprint density at radius 3 is 2.39 bits per heavy atom. The summed E-state index contributed by atoms with van der Waals surface area (Å²) in [4.78, 5) is 35.7. The molecule has 2 aromatic carbocycles. The molecule has 6 N–H and O–H groups in total. The number of hydrogen-bond acceptors (Lipinski definition) is 10. The van der Waals surface area contributed by atoms with Gasteiger partial charge in [0, 0.05) is 29.1 Å². The van der Waals surface area contributed by atoms with Crippen molar-refractivity contribution in [3.8, 4) is 6.07 Å². The van der Waals surface area contributed by atoms with Gasteiger partial charge in [0.2, 0.25) is 5.41 Å². The third kappa shape index (κ3) is 3.13. The molecule has 0 bridgehead atoms. The van der Waals surface area contributed by atoms with Gasteiger partial charge in [-0.1, -0.05) is 17.7 Å². The Morgan fingerprint density at radius 2 is 1.79 bits per heavy atom. The van der Waals surface area contributed by atoms with Gasteiger partial charge in [-0.3, -0.25) is 35.9 Å². The number of nitriles is 1. The molecule has 0 saturated heterocycles. The minimum Gasteiger partial charge on any atom is -0.383 e. The highest BCUT2D eigenvalue weighted by molar-refractivity contribution is 6.12. The number of non-ortho nitro benzene ring substituents is 1. The van der Waals surface area contributed by atoms with Crippen LogP contribution in [0.4, 0.5) is 17.1 Å². The molecule has 4 rings (SSSR count). The zero-order chi connectivity index (χ0) is 23.9. The van der Waals surface area contributed by atoms with Crippen LogP contribution in [0.1, 0.15) is 11.1 Å². The van der Waals surface area contributed by atoms with Gasteiger partial charge in [0.15, 0.2) is 5.82 Å². The van der Waals surface area contributed by atoms with Crippen molar-refractivity contribution in [2.45, 2.75) is 12.3 Å². The minimum absolute atomic E-state index is 0.0853. The fourth-order valence-corrected chi connectivity index (χ4v) is 3.89. The van der Waals surface area contributed by atoms with Crippen molar-refractivity contribution in [2.24, 2.45) is 5.73 Å². The number of hydrazine groups is 1. The molecule has 1 spiro atoms. The first-order valence-corrected chi connectivity index (χ1v) is 9.45. The third-order valence-electron chi connectivity index (χ3n) is 5.38. The lowest BCUT2D eigenvalue weighted by molar-refractivity contribution is -0.433. The molecule has 1 amide bonds. The molecule has 0 radical (unpaired) electrons. The number of nitro groups is 2. The fraction of sp³-hybridized carbons (Fsp3) is 0.100. The van der Waals surface area contributed by atoms with Crippen LogP contribution in [-0.4, -0.2) is 15.8 Å². The van der Waals surface area contributed by atoms with Crippen molar-refractivity contribution in [3.05, 3.63) is 96.7 Å². The molecule has 1 atom stereocenters. The van der Waals surface area contributed by atoms with Crippen molar-refractivity contribution in [3.63, 3.8) is 0 Å². The maximum atomic E-state index is 13.4.